The molecule has 2 N–H and O–H groups in total. The summed E-state index contributed by atoms with van der Waals surface area (Å²) in [7, 11) is 0. The Kier molecular flexibility index (Phi) is 3.20. The summed E-state index contributed by atoms with van der Waals surface area (Å²) < 4.78 is 0. The van der Waals surface area contributed by atoms with Crippen LogP contribution in [0.15, 0.2) is 52.3 Å². The topological polar surface area (TPSA) is 26.0 Å². The van der Waals surface area contributed by atoms with Crippen LogP contribution in [0.4, 0.5) is 5.69 Å². The molecule has 0 fully saturated rings. The van der Waals surface area contributed by atoms with E-state index in [9.17, 15) is 0 Å². The smallest absolute Gasteiger partial charge is 0.0317 e. The van der Waals surface area contributed by atoms with Crippen LogP contribution in [-0.4, -0.2) is 0 Å². The minimum Gasteiger partial charge on any atom is -0.399 e. The van der Waals surface area contributed by atoms with Crippen molar-refractivity contribution < 1.29 is 0 Å². The molecular formula is C14H15NS. The summed E-state index contributed by atoms with van der Waals surface area (Å²) in [5.74, 6) is 0. The number of hydrogen-bond donors (Lipinski definition) is 1. The highest BCUT2D eigenvalue weighted by Gasteiger charge is 2.01. The van der Waals surface area contributed by atoms with Gasteiger partial charge in [-0.3, -0.25) is 0 Å². The van der Waals surface area contributed by atoms with Gasteiger partial charge in [-0.15, -0.1) is 0 Å². The largest absolute Gasteiger partial charge is 0.399 e. The summed E-state index contributed by atoms with van der Waals surface area (Å²) in [6.07, 6.45) is 0. The van der Waals surface area contributed by atoms with Gasteiger partial charge in [0.2, 0.25) is 0 Å². The van der Waals surface area contributed by atoms with Gasteiger partial charge in [0, 0.05) is 15.5 Å². The second-order valence-electron chi connectivity index (χ2n) is 3.94. The summed E-state index contributed by atoms with van der Waals surface area (Å²) in [5.41, 5.74) is 9.08. The zero-order valence-corrected chi connectivity index (χ0v) is 10.3. The Morgan fingerprint density at radius 3 is 2.50 bits per heavy atom. The van der Waals surface area contributed by atoms with Crippen molar-refractivity contribution in [3.05, 3.63) is 53.6 Å². The van der Waals surface area contributed by atoms with Gasteiger partial charge in [-0.2, -0.15) is 0 Å². The Morgan fingerprint density at radius 1 is 1.00 bits per heavy atom. The van der Waals surface area contributed by atoms with E-state index in [0.29, 0.717) is 0 Å². The van der Waals surface area contributed by atoms with Crippen LogP contribution in [0.3, 0.4) is 0 Å². The SMILES string of the molecule is Cc1cccc(Sc2ccc(N)cc2C)c1. The van der Waals surface area contributed by atoms with Gasteiger partial charge < -0.3 is 5.73 Å². The highest BCUT2D eigenvalue weighted by Crippen LogP contribution is 2.31. The minimum atomic E-state index is 0.825. The van der Waals surface area contributed by atoms with E-state index in [1.807, 2.05) is 12.1 Å². The maximum Gasteiger partial charge on any atom is 0.0317 e. The van der Waals surface area contributed by atoms with E-state index in [2.05, 4.69) is 44.2 Å². The lowest BCUT2D eigenvalue weighted by Gasteiger charge is -2.06. The Morgan fingerprint density at radius 2 is 1.81 bits per heavy atom. The summed E-state index contributed by atoms with van der Waals surface area (Å²) in [6.45, 7) is 4.20. The molecular weight excluding hydrogens is 214 g/mol. The third kappa shape index (κ3) is 2.58. The average molecular weight is 229 g/mol. The van der Waals surface area contributed by atoms with E-state index in [-0.39, 0.29) is 0 Å². The molecule has 16 heavy (non-hydrogen) atoms. The van der Waals surface area contributed by atoms with Gasteiger partial charge in [0.05, 0.1) is 0 Å². The lowest BCUT2D eigenvalue weighted by molar-refractivity contribution is 1.29. The van der Waals surface area contributed by atoms with Crippen molar-refractivity contribution in [1.29, 1.82) is 0 Å². The molecule has 2 rings (SSSR count). The van der Waals surface area contributed by atoms with E-state index in [4.69, 9.17) is 5.73 Å². The molecule has 0 saturated carbocycles. The van der Waals surface area contributed by atoms with Gasteiger partial charge in [0.25, 0.3) is 0 Å². The summed E-state index contributed by atoms with van der Waals surface area (Å²) in [5, 5.41) is 0. The lowest BCUT2D eigenvalue weighted by Crippen LogP contribution is -1.87. The third-order valence-electron chi connectivity index (χ3n) is 2.42. The Hall–Kier alpha value is -1.41. The van der Waals surface area contributed by atoms with Gasteiger partial charge in [-0.25, -0.2) is 0 Å². The summed E-state index contributed by atoms with van der Waals surface area (Å²) in [6, 6.07) is 14.6. The molecule has 0 bridgehead atoms. The van der Waals surface area contributed by atoms with E-state index in [0.717, 1.165) is 5.69 Å². The molecule has 0 heterocycles. The average Bonchev–Trinajstić information content (AvgIpc) is 2.22. The molecule has 0 atom stereocenters. The fourth-order valence-electron chi connectivity index (χ4n) is 1.59. The third-order valence-corrected chi connectivity index (χ3v) is 3.58. The number of benzene rings is 2. The lowest BCUT2D eigenvalue weighted by atomic mass is 10.2. The number of aryl methyl sites for hydroxylation is 2. The van der Waals surface area contributed by atoms with Crippen LogP contribution in [0.2, 0.25) is 0 Å². The van der Waals surface area contributed by atoms with Gasteiger partial charge in [0.15, 0.2) is 0 Å². The van der Waals surface area contributed by atoms with Crippen LogP contribution in [0, 0.1) is 13.8 Å². The first-order chi connectivity index (χ1) is 7.65. The Bertz CT molecular complexity index is 506. The molecule has 0 radical (unpaired) electrons. The molecule has 82 valence electrons. The predicted molar refractivity (Wildman–Crippen MR) is 70.9 cm³/mol. The molecule has 2 aromatic rings. The molecule has 0 unspecified atom stereocenters. The van der Waals surface area contributed by atoms with Gasteiger partial charge in [-0.05, 0) is 49.7 Å². The molecule has 2 aromatic carbocycles. The molecule has 0 amide bonds. The first-order valence-corrected chi connectivity index (χ1v) is 6.07. The zero-order chi connectivity index (χ0) is 11.5. The first-order valence-electron chi connectivity index (χ1n) is 5.26. The molecule has 0 aromatic heterocycles. The standard InChI is InChI=1S/C14H15NS/c1-10-4-3-5-13(8-10)16-14-7-6-12(15)9-11(14)2/h3-9H,15H2,1-2H3. The molecule has 1 nitrogen and oxygen atoms in total. The van der Waals surface area contributed by atoms with Crippen LogP contribution in [-0.2, 0) is 0 Å². The van der Waals surface area contributed by atoms with Crippen molar-refractivity contribution in [2.24, 2.45) is 0 Å². The van der Waals surface area contributed by atoms with Crippen molar-refractivity contribution in [2.75, 3.05) is 5.73 Å². The van der Waals surface area contributed by atoms with Crippen molar-refractivity contribution in [1.82, 2.24) is 0 Å². The van der Waals surface area contributed by atoms with Crippen LogP contribution in [0.5, 0.6) is 0 Å². The Labute approximate surface area is 101 Å². The van der Waals surface area contributed by atoms with E-state index in [1.54, 1.807) is 11.8 Å². The zero-order valence-electron chi connectivity index (χ0n) is 9.53. The van der Waals surface area contributed by atoms with Gasteiger partial charge >= 0.3 is 0 Å². The van der Waals surface area contributed by atoms with Crippen molar-refractivity contribution in [3.63, 3.8) is 0 Å². The quantitative estimate of drug-likeness (QED) is 0.787. The molecule has 0 spiro atoms. The Balaban J connectivity index is 2.27. The summed E-state index contributed by atoms with van der Waals surface area (Å²) >= 11 is 1.78. The number of rotatable bonds is 2. The molecule has 0 aliphatic heterocycles. The van der Waals surface area contributed by atoms with Gasteiger partial charge in [0.1, 0.15) is 0 Å². The molecule has 0 saturated heterocycles. The van der Waals surface area contributed by atoms with Crippen LogP contribution in [0.1, 0.15) is 11.1 Å². The number of hydrogen-bond acceptors (Lipinski definition) is 2. The molecule has 0 aliphatic carbocycles. The van der Waals surface area contributed by atoms with Crippen molar-refractivity contribution >= 4 is 17.4 Å². The number of nitrogen functional groups attached to an aromatic ring is 1. The highest BCUT2D eigenvalue weighted by molar-refractivity contribution is 7.99. The maximum absolute atomic E-state index is 5.74. The highest BCUT2D eigenvalue weighted by atomic mass is 32.2. The maximum atomic E-state index is 5.74. The van der Waals surface area contributed by atoms with E-state index in [1.165, 1.54) is 20.9 Å². The van der Waals surface area contributed by atoms with Crippen molar-refractivity contribution in [2.45, 2.75) is 23.6 Å². The van der Waals surface area contributed by atoms with E-state index >= 15 is 0 Å². The minimum absolute atomic E-state index is 0.825. The van der Waals surface area contributed by atoms with Gasteiger partial charge in [-0.1, -0.05) is 29.5 Å². The fourth-order valence-corrected chi connectivity index (χ4v) is 2.59. The van der Waals surface area contributed by atoms with Crippen molar-refractivity contribution in [3.8, 4) is 0 Å². The molecule has 2 heteroatoms. The summed E-state index contributed by atoms with van der Waals surface area (Å²) in [4.78, 5) is 2.53. The van der Waals surface area contributed by atoms with E-state index < -0.39 is 0 Å². The second kappa shape index (κ2) is 4.62. The van der Waals surface area contributed by atoms with Crippen LogP contribution < -0.4 is 5.73 Å². The fraction of sp³-hybridized carbons (Fsp3) is 0.143. The predicted octanol–water partition coefficient (Wildman–Crippen LogP) is 4.04. The number of anilines is 1. The first kappa shape index (κ1) is 11.1. The normalized spacial score (nSPS) is 10.4. The molecule has 0 aliphatic rings. The van der Waals surface area contributed by atoms with Crippen LogP contribution >= 0.6 is 11.8 Å². The second-order valence-corrected chi connectivity index (χ2v) is 5.06. The van der Waals surface area contributed by atoms with Crippen LogP contribution in [0.25, 0.3) is 0 Å². The monoisotopic (exact) mass is 229 g/mol. The number of nitrogens with two attached hydrogens (primary N) is 1.